The van der Waals surface area contributed by atoms with E-state index in [0.29, 0.717) is 5.95 Å². The summed E-state index contributed by atoms with van der Waals surface area (Å²) < 4.78 is 3.73. The van der Waals surface area contributed by atoms with Crippen LogP contribution in [0, 0.1) is 0 Å². The molecule has 0 aromatic carbocycles. The summed E-state index contributed by atoms with van der Waals surface area (Å²) in [5.74, 6) is 1.62. The molecule has 3 rings (SSSR count). The molecule has 0 radical (unpaired) electrons. The van der Waals surface area contributed by atoms with Crippen LogP contribution in [0.3, 0.4) is 0 Å². The van der Waals surface area contributed by atoms with Gasteiger partial charge in [-0.15, -0.1) is 5.10 Å². The highest BCUT2D eigenvalue weighted by molar-refractivity contribution is 5.25. The van der Waals surface area contributed by atoms with Crippen LogP contribution in [0.15, 0.2) is 12.4 Å². The minimum absolute atomic E-state index is 0.284. The fourth-order valence-electron chi connectivity index (χ4n) is 2.30. The van der Waals surface area contributed by atoms with Gasteiger partial charge in [0.1, 0.15) is 5.82 Å². The van der Waals surface area contributed by atoms with Gasteiger partial charge in [0.25, 0.3) is 0 Å². The molecule has 1 unspecified atom stereocenters. The molecule has 2 aromatic heterocycles. The molecule has 2 N–H and O–H groups in total. The predicted octanol–water partition coefficient (Wildman–Crippen LogP) is 0.519. The van der Waals surface area contributed by atoms with Gasteiger partial charge in [-0.05, 0) is 12.8 Å². The van der Waals surface area contributed by atoms with Crippen molar-refractivity contribution in [1.82, 2.24) is 24.5 Å². The maximum absolute atomic E-state index is 5.64. The lowest BCUT2D eigenvalue weighted by atomic mass is 9.94. The van der Waals surface area contributed by atoms with Gasteiger partial charge in [0, 0.05) is 31.3 Å². The Kier molecular flexibility index (Phi) is 1.95. The van der Waals surface area contributed by atoms with Crippen molar-refractivity contribution in [3.63, 3.8) is 0 Å². The van der Waals surface area contributed by atoms with Gasteiger partial charge in [0.15, 0.2) is 0 Å². The van der Waals surface area contributed by atoms with Gasteiger partial charge < -0.3 is 5.73 Å². The highest BCUT2D eigenvalue weighted by Crippen LogP contribution is 2.31. The van der Waals surface area contributed by atoms with E-state index in [-0.39, 0.29) is 5.92 Å². The molecule has 1 aliphatic heterocycles. The molecule has 0 fully saturated rings. The lowest BCUT2D eigenvalue weighted by Gasteiger charge is -2.20. The Morgan fingerprint density at radius 1 is 1.50 bits per heavy atom. The highest BCUT2D eigenvalue weighted by atomic mass is 15.4. The first-order valence-corrected chi connectivity index (χ1v) is 5.43. The fourth-order valence-corrected chi connectivity index (χ4v) is 2.30. The third-order valence-electron chi connectivity index (χ3n) is 3.02. The first-order chi connectivity index (χ1) is 7.74. The number of hydrogen-bond acceptors (Lipinski definition) is 4. The molecule has 3 heterocycles. The number of rotatable bonds is 1. The summed E-state index contributed by atoms with van der Waals surface area (Å²) in [5.41, 5.74) is 6.83. The summed E-state index contributed by atoms with van der Waals surface area (Å²) in [6.45, 7) is 0.913. The summed E-state index contributed by atoms with van der Waals surface area (Å²) in [4.78, 5) is 4.31. The zero-order chi connectivity index (χ0) is 11.1. The second-order valence-corrected chi connectivity index (χ2v) is 4.19. The van der Waals surface area contributed by atoms with E-state index in [1.54, 1.807) is 0 Å². The summed E-state index contributed by atoms with van der Waals surface area (Å²) >= 11 is 0. The summed E-state index contributed by atoms with van der Waals surface area (Å²) in [7, 11) is 1.92. The molecule has 0 aliphatic carbocycles. The number of aromatic nitrogens is 5. The minimum atomic E-state index is 0.284. The molecule has 1 aliphatic rings. The largest absolute Gasteiger partial charge is 0.366 e. The zero-order valence-corrected chi connectivity index (χ0v) is 9.17. The van der Waals surface area contributed by atoms with Crippen LogP contribution in [0.25, 0.3) is 0 Å². The van der Waals surface area contributed by atoms with Crippen LogP contribution < -0.4 is 5.73 Å². The Morgan fingerprint density at radius 2 is 2.38 bits per heavy atom. The Hall–Kier alpha value is -1.85. The van der Waals surface area contributed by atoms with Crippen LogP contribution in [0.2, 0.25) is 0 Å². The Balaban J connectivity index is 2.04. The molecule has 0 saturated carbocycles. The van der Waals surface area contributed by atoms with E-state index < -0.39 is 0 Å². The van der Waals surface area contributed by atoms with E-state index in [9.17, 15) is 0 Å². The lowest BCUT2D eigenvalue weighted by molar-refractivity contribution is 0.446. The van der Waals surface area contributed by atoms with Gasteiger partial charge in [-0.1, -0.05) is 0 Å². The van der Waals surface area contributed by atoms with Gasteiger partial charge in [0.05, 0.1) is 6.20 Å². The van der Waals surface area contributed by atoms with Crippen LogP contribution in [0.5, 0.6) is 0 Å². The zero-order valence-electron chi connectivity index (χ0n) is 9.17. The van der Waals surface area contributed by atoms with E-state index in [0.717, 1.165) is 25.2 Å². The molecular weight excluding hydrogens is 204 g/mol. The summed E-state index contributed by atoms with van der Waals surface area (Å²) in [6.07, 6.45) is 6.12. The lowest BCUT2D eigenvalue weighted by Crippen LogP contribution is -2.17. The summed E-state index contributed by atoms with van der Waals surface area (Å²) in [6, 6.07) is 0. The average Bonchev–Trinajstić information content (AvgIpc) is 2.82. The Bertz CT molecular complexity index is 511. The SMILES string of the molecule is Cn1cc(C2CCCn3nc(N)nc32)cn1. The van der Waals surface area contributed by atoms with Gasteiger partial charge >= 0.3 is 0 Å². The van der Waals surface area contributed by atoms with Crippen molar-refractivity contribution in [2.45, 2.75) is 25.3 Å². The second kappa shape index (κ2) is 3.33. The third kappa shape index (κ3) is 1.37. The van der Waals surface area contributed by atoms with Crippen molar-refractivity contribution in [1.29, 1.82) is 0 Å². The molecule has 0 bridgehead atoms. The average molecular weight is 218 g/mol. The molecule has 0 amide bonds. The molecular formula is C10H14N6. The highest BCUT2D eigenvalue weighted by Gasteiger charge is 2.26. The predicted molar refractivity (Wildman–Crippen MR) is 58.7 cm³/mol. The smallest absolute Gasteiger partial charge is 0.239 e. The van der Waals surface area contributed by atoms with Crippen LogP contribution >= 0.6 is 0 Å². The van der Waals surface area contributed by atoms with E-state index >= 15 is 0 Å². The Labute approximate surface area is 93.1 Å². The van der Waals surface area contributed by atoms with E-state index in [4.69, 9.17) is 5.73 Å². The van der Waals surface area contributed by atoms with Crippen molar-refractivity contribution in [2.75, 3.05) is 5.73 Å². The van der Waals surface area contributed by atoms with Gasteiger partial charge in [-0.25, -0.2) is 4.68 Å². The fraction of sp³-hybridized carbons (Fsp3) is 0.500. The first kappa shape index (κ1) is 9.38. The van der Waals surface area contributed by atoms with Crippen LogP contribution in [-0.2, 0) is 13.6 Å². The number of nitrogens with two attached hydrogens (primary N) is 1. The maximum atomic E-state index is 5.64. The van der Waals surface area contributed by atoms with E-state index in [1.165, 1.54) is 5.56 Å². The molecule has 1 atom stereocenters. The van der Waals surface area contributed by atoms with Crippen molar-refractivity contribution < 1.29 is 0 Å². The molecule has 2 aromatic rings. The monoisotopic (exact) mass is 218 g/mol. The van der Waals surface area contributed by atoms with Crippen LogP contribution in [-0.4, -0.2) is 24.5 Å². The van der Waals surface area contributed by atoms with Crippen molar-refractivity contribution in [3.8, 4) is 0 Å². The number of fused-ring (bicyclic) bond motifs is 1. The first-order valence-electron chi connectivity index (χ1n) is 5.43. The molecule has 0 saturated heterocycles. The number of anilines is 1. The molecule has 84 valence electrons. The molecule has 6 heteroatoms. The third-order valence-corrected chi connectivity index (χ3v) is 3.02. The molecule has 16 heavy (non-hydrogen) atoms. The normalized spacial score (nSPS) is 19.7. The second-order valence-electron chi connectivity index (χ2n) is 4.19. The number of aryl methyl sites for hydroxylation is 2. The molecule has 6 nitrogen and oxygen atoms in total. The number of nitrogens with zero attached hydrogens (tertiary/aromatic N) is 5. The number of nitrogen functional groups attached to an aromatic ring is 1. The van der Waals surface area contributed by atoms with Gasteiger partial charge in [0.2, 0.25) is 5.95 Å². The quantitative estimate of drug-likeness (QED) is 0.757. The van der Waals surface area contributed by atoms with Crippen LogP contribution in [0.4, 0.5) is 5.95 Å². The van der Waals surface area contributed by atoms with Crippen molar-refractivity contribution >= 4 is 5.95 Å². The molecule has 0 spiro atoms. The van der Waals surface area contributed by atoms with Gasteiger partial charge in [-0.3, -0.25) is 4.68 Å². The Morgan fingerprint density at radius 3 is 3.12 bits per heavy atom. The van der Waals surface area contributed by atoms with E-state index in [2.05, 4.69) is 15.2 Å². The minimum Gasteiger partial charge on any atom is -0.366 e. The van der Waals surface area contributed by atoms with Crippen LogP contribution in [0.1, 0.15) is 30.1 Å². The number of hydrogen-bond donors (Lipinski definition) is 1. The maximum Gasteiger partial charge on any atom is 0.239 e. The standard InChI is InChI=1S/C10H14N6/c1-15-6-7(5-12-15)8-3-2-4-16-9(8)13-10(11)14-16/h5-6,8H,2-4H2,1H3,(H2,11,14). The van der Waals surface area contributed by atoms with E-state index in [1.807, 2.05) is 28.8 Å². The summed E-state index contributed by atoms with van der Waals surface area (Å²) in [5, 5.41) is 8.39. The van der Waals surface area contributed by atoms with Crippen molar-refractivity contribution in [2.24, 2.45) is 7.05 Å². The van der Waals surface area contributed by atoms with Crippen molar-refractivity contribution in [3.05, 3.63) is 23.8 Å². The van der Waals surface area contributed by atoms with Gasteiger partial charge in [-0.2, -0.15) is 10.1 Å². The topological polar surface area (TPSA) is 74.5 Å².